The Bertz CT molecular complexity index is 1040. The van der Waals surface area contributed by atoms with Crippen molar-refractivity contribution in [2.24, 2.45) is 0 Å². The summed E-state index contributed by atoms with van der Waals surface area (Å²) in [6.45, 7) is -0.627. The molecule has 32 heavy (non-hydrogen) atoms. The van der Waals surface area contributed by atoms with Crippen LogP contribution in [-0.4, -0.2) is 22.6 Å². The van der Waals surface area contributed by atoms with Gasteiger partial charge >= 0.3 is 12.4 Å². The van der Waals surface area contributed by atoms with Crippen LogP contribution < -0.4 is 14.8 Å². The lowest BCUT2D eigenvalue weighted by Crippen LogP contribution is -2.25. The third kappa shape index (κ3) is 5.66. The Morgan fingerprint density at radius 3 is 2.31 bits per heavy atom. The van der Waals surface area contributed by atoms with Crippen LogP contribution in [0.5, 0.6) is 11.5 Å². The van der Waals surface area contributed by atoms with Gasteiger partial charge in [0.15, 0.2) is 11.5 Å². The first-order valence-electron chi connectivity index (χ1n) is 8.97. The molecule has 4 nitrogen and oxygen atoms in total. The summed E-state index contributed by atoms with van der Waals surface area (Å²) in [5.41, 5.74) is -2.58. The van der Waals surface area contributed by atoms with E-state index in [2.05, 4.69) is 5.32 Å². The van der Waals surface area contributed by atoms with Crippen molar-refractivity contribution in [1.29, 1.82) is 0 Å². The molecule has 1 unspecified atom stereocenters. The second-order valence-corrected chi connectivity index (χ2v) is 8.61. The highest BCUT2D eigenvalue weighted by atomic mass is 32.2. The van der Waals surface area contributed by atoms with E-state index in [1.807, 2.05) is 0 Å². The van der Waals surface area contributed by atoms with Crippen LogP contribution in [0.3, 0.4) is 0 Å². The first-order valence-corrected chi connectivity index (χ1v) is 10.3. The number of ether oxygens (including phenoxy) is 2. The molecule has 3 rings (SSSR count). The summed E-state index contributed by atoms with van der Waals surface area (Å²) in [5.74, 6) is 0.0820. The van der Waals surface area contributed by atoms with Gasteiger partial charge < -0.3 is 14.8 Å². The van der Waals surface area contributed by atoms with E-state index in [0.717, 1.165) is 6.07 Å². The van der Waals surface area contributed by atoms with E-state index in [4.69, 9.17) is 21.7 Å². The SMILES string of the molecule is COc1cc(CC2SC(=S)NC2=O)ccc1OCc1ccc(C(F)(F)F)cc1C(F)(F)F. The van der Waals surface area contributed by atoms with E-state index in [1.165, 1.54) is 24.9 Å². The largest absolute Gasteiger partial charge is 0.493 e. The second kappa shape index (κ2) is 9.18. The maximum Gasteiger partial charge on any atom is 0.416 e. The summed E-state index contributed by atoms with van der Waals surface area (Å²) in [7, 11) is 1.33. The maximum absolute atomic E-state index is 13.3. The second-order valence-electron chi connectivity index (χ2n) is 6.73. The van der Waals surface area contributed by atoms with E-state index in [1.54, 1.807) is 12.1 Å². The van der Waals surface area contributed by atoms with Crippen LogP contribution in [0.15, 0.2) is 36.4 Å². The summed E-state index contributed by atoms with van der Waals surface area (Å²) >= 11 is 6.16. The van der Waals surface area contributed by atoms with Crippen LogP contribution >= 0.6 is 24.0 Å². The minimum absolute atomic E-state index is 0.0633. The molecule has 172 valence electrons. The molecule has 1 atom stereocenters. The summed E-state index contributed by atoms with van der Waals surface area (Å²) in [5, 5.41) is 2.12. The smallest absolute Gasteiger partial charge is 0.416 e. The Labute approximate surface area is 188 Å². The van der Waals surface area contributed by atoms with Crippen molar-refractivity contribution in [3.63, 3.8) is 0 Å². The third-order valence-corrected chi connectivity index (χ3v) is 5.91. The molecule has 1 aliphatic rings. The van der Waals surface area contributed by atoms with Crippen molar-refractivity contribution in [2.45, 2.75) is 30.6 Å². The number of hydrogen-bond donors (Lipinski definition) is 1. The van der Waals surface area contributed by atoms with Crippen LogP contribution in [-0.2, 0) is 30.2 Å². The number of carbonyl (C=O) groups is 1. The fourth-order valence-electron chi connectivity index (χ4n) is 3.00. The fourth-order valence-corrected chi connectivity index (χ4v) is 4.31. The maximum atomic E-state index is 13.3. The number of thioether (sulfide) groups is 1. The quantitative estimate of drug-likeness (QED) is 0.431. The zero-order chi connectivity index (χ0) is 23.7. The third-order valence-electron chi connectivity index (χ3n) is 4.54. The minimum Gasteiger partial charge on any atom is -0.493 e. The zero-order valence-electron chi connectivity index (χ0n) is 16.3. The molecule has 0 bridgehead atoms. The van der Waals surface area contributed by atoms with Crippen molar-refractivity contribution in [2.75, 3.05) is 7.11 Å². The van der Waals surface area contributed by atoms with Gasteiger partial charge in [-0.1, -0.05) is 36.1 Å². The number of nitrogens with one attached hydrogen (secondary N) is 1. The first-order chi connectivity index (χ1) is 14.9. The Morgan fingerprint density at radius 1 is 1.03 bits per heavy atom. The molecule has 1 amide bonds. The molecule has 0 radical (unpaired) electrons. The van der Waals surface area contributed by atoms with Gasteiger partial charge in [0.25, 0.3) is 0 Å². The summed E-state index contributed by atoms with van der Waals surface area (Å²) in [6.07, 6.45) is -9.56. The molecule has 0 aromatic heterocycles. The monoisotopic (exact) mass is 495 g/mol. The van der Waals surface area contributed by atoms with Gasteiger partial charge in [-0.15, -0.1) is 0 Å². The van der Waals surface area contributed by atoms with Gasteiger partial charge in [0, 0.05) is 5.56 Å². The number of benzene rings is 2. The number of carbonyl (C=O) groups excluding carboxylic acids is 1. The van der Waals surface area contributed by atoms with E-state index in [0.29, 0.717) is 22.4 Å². The van der Waals surface area contributed by atoms with Gasteiger partial charge in [-0.25, -0.2) is 0 Å². The Hall–Kier alpha value is -2.47. The molecular weight excluding hydrogens is 480 g/mol. The van der Waals surface area contributed by atoms with Gasteiger partial charge in [0.05, 0.1) is 23.5 Å². The molecule has 2 aromatic carbocycles. The van der Waals surface area contributed by atoms with E-state index in [-0.39, 0.29) is 23.5 Å². The predicted octanol–water partition coefficient (Wildman–Crippen LogP) is 5.37. The summed E-state index contributed by atoms with van der Waals surface area (Å²) in [6, 6.07) is 6.02. The molecule has 1 N–H and O–H groups in total. The highest BCUT2D eigenvalue weighted by Gasteiger charge is 2.38. The van der Waals surface area contributed by atoms with Gasteiger partial charge in [0.1, 0.15) is 10.9 Å². The van der Waals surface area contributed by atoms with Crippen LogP contribution in [0, 0.1) is 0 Å². The van der Waals surface area contributed by atoms with E-state index in [9.17, 15) is 31.1 Å². The van der Waals surface area contributed by atoms with Crippen LogP contribution in [0.1, 0.15) is 22.3 Å². The lowest BCUT2D eigenvalue weighted by molar-refractivity contribution is -0.143. The highest BCUT2D eigenvalue weighted by Crippen LogP contribution is 2.38. The fraction of sp³-hybridized carbons (Fsp3) is 0.300. The number of halogens is 6. The van der Waals surface area contributed by atoms with E-state index >= 15 is 0 Å². The standard InChI is InChI=1S/C20H15F6NO3S2/c1-29-15-6-10(7-16-17(28)27-18(31)32-16)2-5-14(15)30-9-11-3-4-12(19(21,22)23)8-13(11)20(24,25)26/h2-6,8,16H,7,9H2,1H3,(H,27,28,31). The molecule has 1 saturated heterocycles. The van der Waals surface area contributed by atoms with Gasteiger partial charge in [-0.2, -0.15) is 26.3 Å². The molecule has 1 fully saturated rings. The first kappa shape index (κ1) is 24.2. The number of amides is 1. The Balaban J connectivity index is 1.79. The number of methoxy groups -OCH3 is 1. The van der Waals surface area contributed by atoms with Crippen LogP contribution in [0.25, 0.3) is 0 Å². The minimum atomic E-state index is -4.99. The molecule has 0 saturated carbocycles. The van der Waals surface area contributed by atoms with Gasteiger partial charge in [0.2, 0.25) is 5.91 Å². The lowest BCUT2D eigenvalue weighted by Gasteiger charge is -2.17. The molecular formula is C20H15F6NO3S2. The molecule has 12 heteroatoms. The molecule has 0 spiro atoms. The molecule has 1 heterocycles. The van der Waals surface area contributed by atoms with Crippen molar-refractivity contribution < 1.29 is 40.6 Å². The van der Waals surface area contributed by atoms with Crippen molar-refractivity contribution in [1.82, 2.24) is 5.32 Å². The number of hydrogen-bond acceptors (Lipinski definition) is 5. The van der Waals surface area contributed by atoms with Gasteiger partial charge in [-0.3, -0.25) is 4.79 Å². The normalized spacial score (nSPS) is 16.8. The van der Waals surface area contributed by atoms with Crippen molar-refractivity contribution >= 4 is 34.2 Å². The molecule has 0 aliphatic carbocycles. The van der Waals surface area contributed by atoms with Crippen molar-refractivity contribution in [3.05, 3.63) is 58.7 Å². The zero-order valence-corrected chi connectivity index (χ0v) is 17.9. The van der Waals surface area contributed by atoms with Gasteiger partial charge in [-0.05, 0) is 36.2 Å². The molecule has 2 aromatic rings. The number of thiocarbonyl (C=S) groups is 1. The lowest BCUT2D eigenvalue weighted by atomic mass is 10.0. The average molecular weight is 495 g/mol. The van der Waals surface area contributed by atoms with Crippen LogP contribution in [0.2, 0.25) is 0 Å². The molecule has 1 aliphatic heterocycles. The number of rotatable bonds is 6. The van der Waals surface area contributed by atoms with Crippen LogP contribution in [0.4, 0.5) is 26.3 Å². The van der Waals surface area contributed by atoms with E-state index < -0.39 is 40.9 Å². The topological polar surface area (TPSA) is 47.6 Å². The summed E-state index contributed by atoms with van der Waals surface area (Å²) < 4.78 is 89.4. The van der Waals surface area contributed by atoms with Crippen molar-refractivity contribution in [3.8, 4) is 11.5 Å². The highest BCUT2D eigenvalue weighted by molar-refractivity contribution is 8.24. The Morgan fingerprint density at radius 2 is 1.75 bits per heavy atom. The number of alkyl halides is 6. The Kier molecular flexibility index (Phi) is 6.94. The average Bonchev–Trinajstić information content (AvgIpc) is 3.01. The summed E-state index contributed by atoms with van der Waals surface area (Å²) in [4.78, 5) is 11.8. The predicted molar refractivity (Wildman–Crippen MR) is 110 cm³/mol.